The molecule has 1 fully saturated rings. The molecule has 2 rings (SSSR count). The second-order valence-electron chi connectivity index (χ2n) is 4.46. The van der Waals surface area contributed by atoms with Crippen LogP contribution in [0.5, 0.6) is 0 Å². The van der Waals surface area contributed by atoms with Crippen LogP contribution in [0.15, 0.2) is 18.2 Å². The molecule has 0 aromatic heterocycles. The van der Waals surface area contributed by atoms with Gasteiger partial charge in [-0.05, 0) is 42.5 Å². The minimum Gasteiger partial charge on any atom is -0.398 e. The SMILES string of the molecule is Nc1ccc(F)cc1C1CCCCCC1. The largest absolute Gasteiger partial charge is 0.398 e. The Labute approximate surface area is 90.5 Å². The second kappa shape index (κ2) is 4.65. The lowest BCUT2D eigenvalue weighted by molar-refractivity contribution is 0.580. The number of halogens is 1. The molecule has 1 aliphatic rings. The fourth-order valence-corrected chi connectivity index (χ4v) is 2.49. The van der Waals surface area contributed by atoms with Crippen LogP contribution in [0.1, 0.15) is 50.0 Å². The highest BCUT2D eigenvalue weighted by atomic mass is 19.1. The predicted octanol–water partition coefficient (Wildman–Crippen LogP) is 3.85. The summed E-state index contributed by atoms with van der Waals surface area (Å²) in [7, 11) is 0. The average Bonchev–Trinajstić information content (AvgIpc) is 2.50. The highest BCUT2D eigenvalue weighted by Crippen LogP contribution is 2.34. The van der Waals surface area contributed by atoms with E-state index in [-0.39, 0.29) is 5.82 Å². The van der Waals surface area contributed by atoms with Gasteiger partial charge in [0, 0.05) is 5.69 Å². The third kappa shape index (κ3) is 2.49. The van der Waals surface area contributed by atoms with Gasteiger partial charge in [-0.3, -0.25) is 0 Å². The van der Waals surface area contributed by atoms with E-state index in [1.165, 1.54) is 31.7 Å². The molecule has 0 saturated heterocycles. The summed E-state index contributed by atoms with van der Waals surface area (Å²) in [5.41, 5.74) is 7.68. The number of anilines is 1. The van der Waals surface area contributed by atoms with Crippen LogP contribution < -0.4 is 5.73 Å². The normalized spacial score (nSPS) is 18.7. The van der Waals surface area contributed by atoms with Gasteiger partial charge >= 0.3 is 0 Å². The molecular formula is C13H18FN. The third-order valence-electron chi connectivity index (χ3n) is 3.34. The zero-order valence-electron chi connectivity index (χ0n) is 9.01. The van der Waals surface area contributed by atoms with Crippen molar-refractivity contribution >= 4 is 5.69 Å². The molecule has 1 aliphatic carbocycles. The van der Waals surface area contributed by atoms with Crippen LogP contribution in [0.2, 0.25) is 0 Å². The van der Waals surface area contributed by atoms with Crippen LogP contribution in [0.3, 0.4) is 0 Å². The van der Waals surface area contributed by atoms with Gasteiger partial charge in [0.2, 0.25) is 0 Å². The maximum atomic E-state index is 13.1. The van der Waals surface area contributed by atoms with Crippen molar-refractivity contribution in [1.29, 1.82) is 0 Å². The first-order valence-corrected chi connectivity index (χ1v) is 5.82. The molecule has 1 aromatic rings. The van der Waals surface area contributed by atoms with Gasteiger partial charge in [-0.25, -0.2) is 4.39 Å². The summed E-state index contributed by atoms with van der Waals surface area (Å²) in [6.07, 6.45) is 7.44. The van der Waals surface area contributed by atoms with Crippen LogP contribution in [0, 0.1) is 5.82 Å². The van der Waals surface area contributed by atoms with Crippen molar-refractivity contribution in [3.8, 4) is 0 Å². The standard InChI is InChI=1S/C13H18FN/c14-11-7-8-13(15)12(9-11)10-5-3-1-2-4-6-10/h7-10H,1-6,15H2. The molecule has 0 radical (unpaired) electrons. The van der Waals surface area contributed by atoms with Gasteiger partial charge in [-0.2, -0.15) is 0 Å². The number of hydrogen-bond acceptors (Lipinski definition) is 1. The van der Waals surface area contributed by atoms with Crippen molar-refractivity contribution in [3.05, 3.63) is 29.6 Å². The number of nitrogen functional groups attached to an aromatic ring is 1. The molecule has 0 unspecified atom stereocenters. The molecule has 2 heteroatoms. The Morgan fingerprint density at radius 2 is 1.73 bits per heavy atom. The zero-order valence-corrected chi connectivity index (χ0v) is 9.01. The smallest absolute Gasteiger partial charge is 0.123 e. The first-order valence-electron chi connectivity index (χ1n) is 5.82. The van der Waals surface area contributed by atoms with Crippen molar-refractivity contribution in [1.82, 2.24) is 0 Å². The lowest BCUT2D eigenvalue weighted by Gasteiger charge is -2.16. The number of benzene rings is 1. The van der Waals surface area contributed by atoms with Crippen molar-refractivity contribution in [2.24, 2.45) is 0 Å². The summed E-state index contributed by atoms with van der Waals surface area (Å²) >= 11 is 0. The lowest BCUT2D eigenvalue weighted by Crippen LogP contribution is -2.02. The van der Waals surface area contributed by atoms with Crippen LogP contribution in [0.25, 0.3) is 0 Å². The molecule has 15 heavy (non-hydrogen) atoms. The van der Waals surface area contributed by atoms with E-state index in [4.69, 9.17) is 5.73 Å². The summed E-state index contributed by atoms with van der Waals surface area (Å²) in [6, 6.07) is 4.75. The summed E-state index contributed by atoms with van der Waals surface area (Å²) in [5, 5.41) is 0. The minimum atomic E-state index is -0.163. The van der Waals surface area contributed by atoms with Gasteiger partial charge in [0.05, 0.1) is 0 Å². The lowest BCUT2D eigenvalue weighted by atomic mass is 9.90. The molecule has 0 aliphatic heterocycles. The van der Waals surface area contributed by atoms with Crippen molar-refractivity contribution in [2.45, 2.75) is 44.4 Å². The van der Waals surface area contributed by atoms with Crippen molar-refractivity contribution < 1.29 is 4.39 Å². The van der Waals surface area contributed by atoms with Crippen LogP contribution in [-0.4, -0.2) is 0 Å². The van der Waals surface area contributed by atoms with E-state index in [1.807, 2.05) is 0 Å². The second-order valence-corrected chi connectivity index (χ2v) is 4.46. The molecule has 0 spiro atoms. The van der Waals surface area contributed by atoms with Crippen molar-refractivity contribution in [3.63, 3.8) is 0 Å². The first-order chi connectivity index (χ1) is 7.27. The van der Waals surface area contributed by atoms with Crippen molar-refractivity contribution in [2.75, 3.05) is 5.73 Å². The molecule has 82 valence electrons. The Morgan fingerprint density at radius 1 is 1.07 bits per heavy atom. The van der Waals surface area contributed by atoms with Gasteiger partial charge in [0.25, 0.3) is 0 Å². The number of nitrogens with two attached hydrogens (primary N) is 1. The highest BCUT2D eigenvalue weighted by Gasteiger charge is 2.16. The molecule has 0 bridgehead atoms. The molecule has 1 nitrogen and oxygen atoms in total. The third-order valence-corrected chi connectivity index (χ3v) is 3.34. The Morgan fingerprint density at radius 3 is 2.40 bits per heavy atom. The Bertz CT molecular complexity index is 327. The van der Waals surface area contributed by atoms with E-state index in [0.717, 1.165) is 24.1 Å². The maximum absolute atomic E-state index is 13.1. The maximum Gasteiger partial charge on any atom is 0.123 e. The molecule has 1 aromatic carbocycles. The summed E-state index contributed by atoms with van der Waals surface area (Å²) < 4.78 is 13.1. The first kappa shape index (κ1) is 10.5. The molecule has 0 amide bonds. The molecule has 0 heterocycles. The predicted molar refractivity (Wildman–Crippen MR) is 61.3 cm³/mol. The summed E-state index contributed by atoms with van der Waals surface area (Å²) in [4.78, 5) is 0. The van der Waals surface area contributed by atoms with Gasteiger partial charge < -0.3 is 5.73 Å². The molecule has 1 saturated carbocycles. The monoisotopic (exact) mass is 207 g/mol. The Kier molecular flexibility index (Phi) is 3.24. The summed E-state index contributed by atoms with van der Waals surface area (Å²) in [5.74, 6) is 0.312. The van der Waals surface area contributed by atoms with E-state index in [0.29, 0.717) is 5.92 Å². The van der Waals surface area contributed by atoms with E-state index in [9.17, 15) is 4.39 Å². The zero-order chi connectivity index (χ0) is 10.7. The number of rotatable bonds is 1. The number of hydrogen-bond donors (Lipinski definition) is 1. The minimum absolute atomic E-state index is 0.163. The quantitative estimate of drug-likeness (QED) is 0.549. The summed E-state index contributed by atoms with van der Waals surface area (Å²) in [6.45, 7) is 0. The molecule has 2 N–H and O–H groups in total. The highest BCUT2D eigenvalue weighted by molar-refractivity contribution is 5.48. The van der Waals surface area contributed by atoms with E-state index < -0.39 is 0 Å². The Hall–Kier alpha value is -1.05. The fourth-order valence-electron chi connectivity index (χ4n) is 2.49. The fraction of sp³-hybridized carbons (Fsp3) is 0.538. The van der Waals surface area contributed by atoms with E-state index >= 15 is 0 Å². The van der Waals surface area contributed by atoms with Gasteiger partial charge in [-0.15, -0.1) is 0 Å². The van der Waals surface area contributed by atoms with Crippen LogP contribution in [0.4, 0.5) is 10.1 Å². The molecule has 0 atom stereocenters. The topological polar surface area (TPSA) is 26.0 Å². The van der Waals surface area contributed by atoms with Crippen LogP contribution in [-0.2, 0) is 0 Å². The average molecular weight is 207 g/mol. The van der Waals surface area contributed by atoms with Gasteiger partial charge in [-0.1, -0.05) is 25.7 Å². The van der Waals surface area contributed by atoms with Gasteiger partial charge in [0.1, 0.15) is 5.82 Å². The van der Waals surface area contributed by atoms with E-state index in [2.05, 4.69) is 0 Å². The van der Waals surface area contributed by atoms with Crippen LogP contribution >= 0.6 is 0 Å². The Balaban J connectivity index is 2.22. The van der Waals surface area contributed by atoms with Gasteiger partial charge in [0.15, 0.2) is 0 Å². The molecular weight excluding hydrogens is 189 g/mol. The van der Waals surface area contributed by atoms with E-state index in [1.54, 1.807) is 12.1 Å².